The molecule has 4 aromatic heterocycles. The van der Waals surface area contributed by atoms with Crippen molar-refractivity contribution in [3.05, 3.63) is 22.8 Å². The molecule has 0 N–H and O–H groups in total. The van der Waals surface area contributed by atoms with Crippen LogP contribution in [0.2, 0.25) is 0 Å². The molecule has 0 saturated heterocycles. The van der Waals surface area contributed by atoms with Crippen molar-refractivity contribution in [2.24, 2.45) is 7.05 Å². The number of fused-ring (bicyclic) bond motifs is 2. The van der Waals surface area contributed by atoms with Crippen LogP contribution in [0.25, 0.3) is 27.6 Å². The standard InChI is InChI=1S/C15H10F6N6S2/c1-3-28-11-8(24-13-27(11)25-12(29-13)15(19,20)21)10-22-6-4-5-7(14(16,17)18)23-9(6)26(10)2/h4-5H,3H2,1-2H3. The molecular weight excluding hydrogens is 442 g/mol. The van der Waals surface area contributed by atoms with Gasteiger partial charge in [0.05, 0.1) is 0 Å². The van der Waals surface area contributed by atoms with Gasteiger partial charge in [0.2, 0.25) is 9.97 Å². The molecule has 14 heteroatoms. The second kappa shape index (κ2) is 6.58. The minimum absolute atomic E-state index is 0.0115. The summed E-state index contributed by atoms with van der Waals surface area (Å²) in [4.78, 5) is 12.2. The molecule has 0 aliphatic rings. The maximum atomic E-state index is 13.0. The number of aromatic nitrogens is 6. The summed E-state index contributed by atoms with van der Waals surface area (Å²) in [5, 5.41) is 2.89. The lowest BCUT2D eigenvalue weighted by molar-refractivity contribution is -0.141. The van der Waals surface area contributed by atoms with Gasteiger partial charge in [-0.15, -0.1) is 16.9 Å². The van der Waals surface area contributed by atoms with Crippen LogP contribution >= 0.6 is 23.1 Å². The lowest BCUT2D eigenvalue weighted by Crippen LogP contribution is -2.08. The second-order valence-electron chi connectivity index (χ2n) is 5.83. The summed E-state index contributed by atoms with van der Waals surface area (Å²) in [7, 11) is 1.47. The van der Waals surface area contributed by atoms with Crippen molar-refractivity contribution in [3.8, 4) is 11.5 Å². The zero-order valence-corrected chi connectivity index (χ0v) is 16.3. The van der Waals surface area contributed by atoms with Crippen molar-refractivity contribution < 1.29 is 26.3 Å². The fourth-order valence-electron chi connectivity index (χ4n) is 2.69. The number of rotatable bonds is 3. The molecule has 0 spiro atoms. The van der Waals surface area contributed by atoms with E-state index in [1.54, 1.807) is 6.92 Å². The molecule has 0 fully saturated rings. The fraction of sp³-hybridized carbons (Fsp3) is 0.333. The number of nitrogens with zero attached hydrogens (tertiary/aromatic N) is 6. The maximum Gasteiger partial charge on any atom is 0.445 e. The van der Waals surface area contributed by atoms with E-state index >= 15 is 0 Å². The van der Waals surface area contributed by atoms with Crippen molar-refractivity contribution in [2.45, 2.75) is 24.3 Å². The highest BCUT2D eigenvalue weighted by Crippen LogP contribution is 2.38. The first-order valence-electron chi connectivity index (χ1n) is 8.01. The van der Waals surface area contributed by atoms with Crippen LogP contribution in [0.5, 0.6) is 0 Å². The van der Waals surface area contributed by atoms with Gasteiger partial charge in [0.25, 0.3) is 0 Å². The number of halogens is 6. The Labute approximate surface area is 166 Å². The summed E-state index contributed by atoms with van der Waals surface area (Å²) in [5.41, 5.74) is -0.630. The van der Waals surface area contributed by atoms with E-state index in [2.05, 4.69) is 20.1 Å². The predicted molar refractivity (Wildman–Crippen MR) is 94.8 cm³/mol. The van der Waals surface area contributed by atoms with E-state index in [0.717, 1.165) is 10.6 Å². The number of imidazole rings is 2. The average molecular weight is 452 g/mol. The molecule has 0 radical (unpaired) electrons. The Morgan fingerprint density at radius 2 is 1.76 bits per heavy atom. The summed E-state index contributed by atoms with van der Waals surface area (Å²) in [6.45, 7) is 1.80. The van der Waals surface area contributed by atoms with E-state index in [1.165, 1.54) is 29.4 Å². The molecule has 0 unspecified atom stereocenters. The smallest absolute Gasteiger partial charge is 0.310 e. The van der Waals surface area contributed by atoms with Gasteiger partial charge >= 0.3 is 12.4 Å². The first-order valence-corrected chi connectivity index (χ1v) is 9.81. The van der Waals surface area contributed by atoms with Gasteiger partial charge in [-0.1, -0.05) is 18.3 Å². The van der Waals surface area contributed by atoms with E-state index in [0.29, 0.717) is 22.1 Å². The highest BCUT2D eigenvalue weighted by atomic mass is 32.2. The molecule has 0 bridgehead atoms. The Morgan fingerprint density at radius 3 is 2.38 bits per heavy atom. The largest absolute Gasteiger partial charge is 0.445 e. The zero-order chi connectivity index (χ0) is 21.1. The molecule has 4 aromatic rings. The summed E-state index contributed by atoms with van der Waals surface area (Å²) < 4.78 is 80.2. The minimum atomic E-state index is -4.61. The van der Waals surface area contributed by atoms with Gasteiger partial charge in [-0.05, 0) is 17.9 Å². The Bertz CT molecular complexity index is 1220. The quantitative estimate of drug-likeness (QED) is 0.327. The van der Waals surface area contributed by atoms with Crippen LogP contribution in [0.1, 0.15) is 17.6 Å². The Hall–Kier alpha value is -2.35. The molecule has 0 amide bonds. The van der Waals surface area contributed by atoms with Gasteiger partial charge in [-0.3, -0.25) is 0 Å². The van der Waals surface area contributed by atoms with Crippen molar-refractivity contribution in [3.63, 3.8) is 0 Å². The highest BCUT2D eigenvalue weighted by molar-refractivity contribution is 7.99. The molecule has 4 rings (SSSR count). The Balaban J connectivity index is 1.91. The minimum Gasteiger partial charge on any atom is -0.310 e. The second-order valence-corrected chi connectivity index (χ2v) is 8.04. The summed E-state index contributed by atoms with van der Waals surface area (Å²) >= 11 is 1.59. The number of pyridine rings is 1. The summed E-state index contributed by atoms with van der Waals surface area (Å²) in [6, 6.07) is 2.02. The third kappa shape index (κ3) is 3.33. The molecule has 0 aromatic carbocycles. The molecular formula is C15H10F6N6S2. The van der Waals surface area contributed by atoms with Gasteiger partial charge in [-0.2, -0.15) is 30.9 Å². The summed E-state index contributed by atoms with van der Waals surface area (Å²) in [6.07, 6.45) is -9.22. The van der Waals surface area contributed by atoms with Crippen LogP contribution in [0.4, 0.5) is 26.3 Å². The molecule has 4 heterocycles. The van der Waals surface area contributed by atoms with E-state index in [9.17, 15) is 26.3 Å². The van der Waals surface area contributed by atoms with Crippen LogP contribution in [0.15, 0.2) is 17.2 Å². The number of hydrogen-bond donors (Lipinski definition) is 0. The lowest BCUT2D eigenvalue weighted by atomic mass is 10.3. The van der Waals surface area contributed by atoms with Crippen molar-refractivity contribution in [2.75, 3.05) is 5.75 Å². The Morgan fingerprint density at radius 1 is 1.03 bits per heavy atom. The van der Waals surface area contributed by atoms with Gasteiger partial charge in [-0.25, -0.2) is 15.0 Å². The van der Waals surface area contributed by atoms with Crippen molar-refractivity contribution in [1.29, 1.82) is 0 Å². The number of thioether (sulfide) groups is 1. The molecule has 29 heavy (non-hydrogen) atoms. The highest BCUT2D eigenvalue weighted by Gasteiger charge is 2.37. The molecule has 0 aliphatic carbocycles. The van der Waals surface area contributed by atoms with E-state index in [-0.39, 0.29) is 27.6 Å². The first kappa shape index (κ1) is 19.9. The number of aryl methyl sites for hydroxylation is 1. The van der Waals surface area contributed by atoms with E-state index in [4.69, 9.17) is 0 Å². The monoisotopic (exact) mass is 452 g/mol. The topological polar surface area (TPSA) is 60.9 Å². The third-order valence-corrected chi connectivity index (χ3v) is 5.79. The molecule has 0 atom stereocenters. The van der Waals surface area contributed by atoms with E-state index in [1.807, 2.05) is 0 Å². The van der Waals surface area contributed by atoms with Crippen molar-refractivity contribution >= 4 is 39.2 Å². The SMILES string of the molecule is CCSc1c(-c2nc3ccc(C(F)(F)F)nc3n2C)nc2sc(C(F)(F)F)nn12. The fourth-order valence-corrected chi connectivity index (χ4v) is 4.31. The molecule has 6 nitrogen and oxygen atoms in total. The normalized spacial score (nSPS) is 13.1. The Kier molecular flexibility index (Phi) is 4.53. The van der Waals surface area contributed by atoms with Gasteiger partial charge in [0, 0.05) is 7.05 Å². The molecule has 0 saturated carbocycles. The van der Waals surface area contributed by atoms with Crippen LogP contribution in [0, 0.1) is 0 Å². The molecule has 0 aliphatic heterocycles. The summed E-state index contributed by atoms with van der Waals surface area (Å²) in [5.74, 6) is 0.703. The van der Waals surface area contributed by atoms with Gasteiger partial charge in [0.1, 0.15) is 21.9 Å². The lowest BCUT2D eigenvalue weighted by Gasteiger charge is -2.06. The first-order chi connectivity index (χ1) is 13.5. The van der Waals surface area contributed by atoms with E-state index < -0.39 is 23.1 Å². The third-order valence-electron chi connectivity index (χ3n) is 3.90. The van der Waals surface area contributed by atoms with Crippen LogP contribution in [-0.2, 0) is 19.4 Å². The van der Waals surface area contributed by atoms with Crippen LogP contribution in [-0.4, -0.2) is 34.9 Å². The van der Waals surface area contributed by atoms with Crippen LogP contribution < -0.4 is 0 Å². The van der Waals surface area contributed by atoms with Gasteiger partial charge < -0.3 is 4.57 Å². The number of alkyl halides is 6. The average Bonchev–Trinajstić information content (AvgIpc) is 3.26. The number of hydrogen-bond acceptors (Lipinski definition) is 6. The van der Waals surface area contributed by atoms with Crippen LogP contribution in [0.3, 0.4) is 0 Å². The predicted octanol–water partition coefficient (Wildman–Crippen LogP) is 4.89. The van der Waals surface area contributed by atoms with Gasteiger partial charge in [0.15, 0.2) is 11.5 Å². The molecule has 154 valence electrons. The van der Waals surface area contributed by atoms with Crippen molar-refractivity contribution in [1.82, 2.24) is 29.1 Å². The zero-order valence-electron chi connectivity index (χ0n) is 14.6. The maximum absolute atomic E-state index is 13.0.